The van der Waals surface area contributed by atoms with E-state index >= 15 is 0 Å². The molecular weight excluding hydrogens is 204 g/mol. The summed E-state index contributed by atoms with van der Waals surface area (Å²) < 4.78 is 5.53. The monoisotopic (exact) mass is 224 g/mol. The Morgan fingerprint density at radius 1 is 1.44 bits per heavy atom. The highest BCUT2D eigenvalue weighted by Gasteiger charge is 2.50. The number of ether oxygens (including phenoxy) is 1. The maximum atomic E-state index is 12.3. The van der Waals surface area contributed by atoms with Crippen molar-refractivity contribution in [2.45, 2.75) is 19.3 Å². The van der Waals surface area contributed by atoms with Crippen LogP contribution in [0.4, 0.5) is 0 Å². The number of nitrogens with one attached hydrogen (secondary N) is 2. The van der Waals surface area contributed by atoms with Gasteiger partial charge in [0, 0.05) is 19.7 Å². The fourth-order valence-electron chi connectivity index (χ4n) is 2.90. The number of hydrogen-bond acceptors (Lipinski definition) is 3. The molecule has 0 radical (unpaired) electrons. The largest absolute Gasteiger partial charge is 0.380 e. The van der Waals surface area contributed by atoms with Crippen LogP contribution in [0.5, 0.6) is 0 Å². The van der Waals surface area contributed by atoms with Crippen molar-refractivity contribution in [3.05, 3.63) is 0 Å². The van der Waals surface area contributed by atoms with Gasteiger partial charge in [0.2, 0.25) is 5.91 Å². The summed E-state index contributed by atoms with van der Waals surface area (Å²) >= 11 is 0. The number of carbonyl (C=O) groups is 1. The van der Waals surface area contributed by atoms with E-state index in [1.165, 1.54) is 12.8 Å². The van der Waals surface area contributed by atoms with Crippen LogP contribution in [0, 0.1) is 17.3 Å². The SMILES string of the molecule is O=C(NCC1CC1)[C@]12CNC[C@H]1CCOC2. The van der Waals surface area contributed by atoms with Crippen LogP contribution in [0.25, 0.3) is 0 Å². The number of carbonyl (C=O) groups excluding carboxylic acids is 1. The molecule has 0 aromatic rings. The van der Waals surface area contributed by atoms with Gasteiger partial charge in [0.05, 0.1) is 12.0 Å². The van der Waals surface area contributed by atoms with Gasteiger partial charge in [0.1, 0.15) is 0 Å². The topological polar surface area (TPSA) is 50.4 Å². The lowest BCUT2D eigenvalue weighted by atomic mass is 9.75. The fraction of sp³-hybridized carbons (Fsp3) is 0.917. The molecule has 2 N–H and O–H groups in total. The van der Waals surface area contributed by atoms with Crippen LogP contribution in [-0.2, 0) is 9.53 Å². The van der Waals surface area contributed by atoms with Gasteiger partial charge in [-0.15, -0.1) is 0 Å². The third-order valence-corrected chi connectivity index (χ3v) is 4.28. The number of fused-ring (bicyclic) bond motifs is 1. The first-order valence-electron chi connectivity index (χ1n) is 6.38. The molecule has 2 heterocycles. The van der Waals surface area contributed by atoms with Gasteiger partial charge in [-0.2, -0.15) is 0 Å². The van der Waals surface area contributed by atoms with Crippen LogP contribution in [0.15, 0.2) is 0 Å². The maximum Gasteiger partial charge on any atom is 0.230 e. The first-order chi connectivity index (χ1) is 7.81. The Morgan fingerprint density at radius 3 is 3.12 bits per heavy atom. The quantitative estimate of drug-likeness (QED) is 0.717. The van der Waals surface area contributed by atoms with E-state index in [-0.39, 0.29) is 11.3 Å². The van der Waals surface area contributed by atoms with Crippen LogP contribution < -0.4 is 10.6 Å². The van der Waals surface area contributed by atoms with Crippen molar-refractivity contribution < 1.29 is 9.53 Å². The summed E-state index contributed by atoms with van der Waals surface area (Å²) in [6.07, 6.45) is 3.58. The number of rotatable bonds is 3. The van der Waals surface area contributed by atoms with E-state index in [0.717, 1.165) is 38.6 Å². The third-order valence-electron chi connectivity index (χ3n) is 4.28. The fourth-order valence-corrected chi connectivity index (χ4v) is 2.90. The zero-order valence-electron chi connectivity index (χ0n) is 9.63. The Morgan fingerprint density at radius 2 is 2.31 bits per heavy atom. The van der Waals surface area contributed by atoms with E-state index < -0.39 is 0 Å². The summed E-state index contributed by atoms with van der Waals surface area (Å²) in [5, 5.41) is 6.47. The Hall–Kier alpha value is -0.610. The van der Waals surface area contributed by atoms with Crippen LogP contribution in [-0.4, -0.2) is 38.8 Å². The van der Waals surface area contributed by atoms with Gasteiger partial charge in [-0.25, -0.2) is 0 Å². The average Bonchev–Trinajstić information content (AvgIpc) is 3.03. The molecule has 0 aromatic carbocycles. The zero-order chi connectivity index (χ0) is 11.0. The molecule has 0 spiro atoms. The lowest BCUT2D eigenvalue weighted by Gasteiger charge is -2.36. The summed E-state index contributed by atoms with van der Waals surface area (Å²) in [5.74, 6) is 1.44. The Kier molecular flexibility index (Phi) is 2.64. The molecule has 1 amide bonds. The van der Waals surface area contributed by atoms with Gasteiger partial charge >= 0.3 is 0 Å². The molecule has 3 fully saturated rings. The van der Waals surface area contributed by atoms with Gasteiger partial charge in [0.25, 0.3) is 0 Å². The highest BCUT2D eigenvalue weighted by atomic mass is 16.5. The summed E-state index contributed by atoms with van der Waals surface area (Å²) in [6, 6.07) is 0. The van der Waals surface area contributed by atoms with E-state index in [2.05, 4.69) is 10.6 Å². The van der Waals surface area contributed by atoms with Crippen molar-refractivity contribution >= 4 is 5.91 Å². The summed E-state index contributed by atoms with van der Waals surface area (Å²) in [6.45, 7) is 4.03. The molecule has 3 rings (SSSR count). The first-order valence-corrected chi connectivity index (χ1v) is 6.38. The molecule has 0 unspecified atom stereocenters. The molecule has 16 heavy (non-hydrogen) atoms. The second-order valence-corrected chi connectivity index (χ2v) is 5.48. The zero-order valence-corrected chi connectivity index (χ0v) is 9.63. The molecule has 0 aromatic heterocycles. The van der Waals surface area contributed by atoms with Crippen LogP contribution in [0.1, 0.15) is 19.3 Å². The van der Waals surface area contributed by atoms with Gasteiger partial charge < -0.3 is 15.4 Å². The van der Waals surface area contributed by atoms with E-state index in [1.54, 1.807) is 0 Å². The predicted molar refractivity (Wildman–Crippen MR) is 60.0 cm³/mol. The second-order valence-electron chi connectivity index (χ2n) is 5.48. The minimum atomic E-state index is -0.271. The van der Waals surface area contributed by atoms with Crippen molar-refractivity contribution in [1.29, 1.82) is 0 Å². The third kappa shape index (κ3) is 1.74. The van der Waals surface area contributed by atoms with E-state index in [1.807, 2.05) is 0 Å². The normalized spacial score (nSPS) is 38.1. The minimum Gasteiger partial charge on any atom is -0.380 e. The molecule has 0 bridgehead atoms. The molecule has 4 nitrogen and oxygen atoms in total. The molecule has 2 aliphatic heterocycles. The first kappa shape index (κ1) is 10.5. The molecule has 4 heteroatoms. The van der Waals surface area contributed by atoms with Crippen LogP contribution in [0.3, 0.4) is 0 Å². The van der Waals surface area contributed by atoms with Gasteiger partial charge in [-0.3, -0.25) is 4.79 Å². The van der Waals surface area contributed by atoms with E-state index in [9.17, 15) is 4.79 Å². The average molecular weight is 224 g/mol. The molecular formula is C12H20N2O2. The highest BCUT2D eigenvalue weighted by molar-refractivity contribution is 5.84. The molecule has 2 atom stereocenters. The van der Waals surface area contributed by atoms with Gasteiger partial charge in [-0.1, -0.05) is 0 Å². The molecule has 1 aliphatic carbocycles. The Labute approximate surface area is 96.1 Å². The Balaban J connectivity index is 1.66. The lowest BCUT2D eigenvalue weighted by Crippen LogP contribution is -2.52. The summed E-state index contributed by atoms with van der Waals surface area (Å²) in [7, 11) is 0. The molecule has 90 valence electrons. The maximum absolute atomic E-state index is 12.3. The molecule has 3 aliphatic rings. The molecule has 1 saturated carbocycles. The van der Waals surface area contributed by atoms with Gasteiger partial charge in [0.15, 0.2) is 0 Å². The number of hydrogen-bond donors (Lipinski definition) is 2. The van der Waals surface area contributed by atoms with Crippen LogP contribution in [0.2, 0.25) is 0 Å². The minimum absolute atomic E-state index is 0.217. The van der Waals surface area contributed by atoms with Crippen molar-refractivity contribution in [3.8, 4) is 0 Å². The number of amides is 1. The highest BCUT2D eigenvalue weighted by Crippen LogP contribution is 2.38. The van der Waals surface area contributed by atoms with Crippen LogP contribution >= 0.6 is 0 Å². The van der Waals surface area contributed by atoms with Crippen molar-refractivity contribution in [2.24, 2.45) is 17.3 Å². The second kappa shape index (κ2) is 4.00. The predicted octanol–water partition coefficient (Wildman–Crippen LogP) is 0.139. The lowest BCUT2D eigenvalue weighted by molar-refractivity contribution is -0.141. The smallest absolute Gasteiger partial charge is 0.230 e. The van der Waals surface area contributed by atoms with Crippen molar-refractivity contribution in [3.63, 3.8) is 0 Å². The Bertz CT molecular complexity index is 291. The van der Waals surface area contributed by atoms with Crippen molar-refractivity contribution in [2.75, 3.05) is 32.8 Å². The summed E-state index contributed by atoms with van der Waals surface area (Å²) in [5.41, 5.74) is -0.271. The van der Waals surface area contributed by atoms with Gasteiger partial charge in [-0.05, 0) is 37.6 Å². The van der Waals surface area contributed by atoms with Crippen molar-refractivity contribution in [1.82, 2.24) is 10.6 Å². The van der Waals surface area contributed by atoms with E-state index in [0.29, 0.717) is 12.5 Å². The summed E-state index contributed by atoms with van der Waals surface area (Å²) in [4.78, 5) is 12.3. The van der Waals surface area contributed by atoms with E-state index in [4.69, 9.17) is 4.74 Å². The standard InChI is InChI=1S/C12H20N2O2/c15-11(14-5-9-1-2-9)12-7-13-6-10(12)3-4-16-8-12/h9-10,13H,1-8H2,(H,14,15)/t10-,12+/m1/s1. The molecule has 2 saturated heterocycles.